The predicted octanol–water partition coefficient (Wildman–Crippen LogP) is 16.9. The van der Waals surface area contributed by atoms with Crippen LogP contribution in [0.5, 0.6) is 0 Å². The Morgan fingerprint density at radius 1 is 0.415 bits per heavy atom. The molecule has 1 aliphatic carbocycles. The lowest BCUT2D eigenvalue weighted by molar-refractivity contribution is 0.660. The standard InChI is InChI=1S/C63H44N2/c1-63(2)55-24-12-9-21-50(55)54-39-45(32-37-56(54)63)43-30-35-49(36-31-43)64(48-33-28-42(29-34-48)41-16-5-3-6-17-41)59-27-15-20-46-38-47-40-53(44-18-7-4-8-19-44)51-22-10-13-25-57(51)65-58-26-14-11-23-52(58)61(60(46)59)62(47)65/h3-40H,1-2H3. The fourth-order valence-electron chi connectivity index (χ4n) is 11.0. The second kappa shape index (κ2) is 14.4. The maximum absolute atomic E-state index is 2.52. The molecule has 0 spiro atoms. The van der Waals surface area contributed by atoms with Gasteiger partial charge in [0.05, 0.1) is 22.4 Å². The molecule has 10 aromatic carbocycles. The van der Waals surface area contributed by atoms with Crippen molar-refractivity contribution in [3.05, 3.63) is 252 Å². The van der Waals surface area contributed by atoms with E-state index >= 15 is 0 Å². The molecule has 2 heterocycles. The van der Waals surface area contributed by atoms with Crippen LogP contribution in [0.2, 0.25) is 0 Å². The van der Waals surface area contributed by atoms with Gasteiger partial charge in [-0.3, -0.25) is 0 Å². The number of fused-ring (bicyclic) bond motifs is 10. The molecular formula is C63H44N2. The van der Waals surface area contributed by atoms with Gasteiger partial charge in [-0.05, 0) is 122 Å². The van der Waals surface area contributed by atoms with Gasteiger partial charge < -0.3 is 9.47 Å². The predicted molar refractivity (Wildman–Crippen MR) is 275 cm³/mol. The van der Waals surface area contributed by atoms with Crippen LogP contribution >= 0.6 is 0 Å². The Morgan fingerprint density at radius 2 is 1.00 bits per heavy atom. The van der Waals surface area contributed by atoms with Crippen molar-refractivity contribution in [3.8, 4) is 39.1 Å². The number of rotatable bonds is 6. The molecule has 0 saturated heterocycles. The van der Waals surface area contributed by atoms with E-state index in [2.05, 4.69) is 254 Å². The topological polar surface area (TPSA) is 8.17 Å². The van der Waals surface area contributed by atoms with Crippen molar-refractivity contribution in [1.82, 2.24) is 4.57 Å². The van der Waals surface area contributed by atoms with Crippen LogP contribution in [0.1, 0.15) is 41.7 Å². The molecule has 306 valence electrons. The van der Waals surface area contributed by atoms with Gasteiger partial charge in [-0.15, -0.1) is 0 Å². The molecule has 0 bridgehead atoms. The number of hydrogen-bond acceptors (Lipinski definition) is 1. The third-order valence-electron chi connectivity index (χ3n) is 14.1. The van der Waals surface area contributed by atoms with Gasteiger partial charge in [-0.1, -0.05) is 184 Å². The van der Waals surface area contributed by atoms with Crippen molar-refractivity contribution in [1.29, 1.82) is 0 Å². The summed E-state index contributed by atoms with van der Waals surface area (Å²) in [5.74, 6) is 0. The van der Waals surface area contributed by atoms with E-state index in [1.165, 1.54) is 105 Å². The van der Waals surface area contributed by atoms with Crippen LogP contribution in [0.4, 0.5) is 17.1 Å². The van der Waals surface area contributed by atoms with Gasteiger partial charge in [0, 0.05) is 44.1 Å². The minimum atomic E-state index is -0.0244. The summed E-state index contributed by atoms with van der Waals surface area (Å²) < 4.78 is 2.52. The molecule has 0 radical (unpaired) electrons. The van der Waals surface area contributed by atoms with E-state index in [0.29, 0.717) is 0 Å². The Morgan fingerprint density at radius 3 is 1.75 bits per heavy atom. The molecule has 0 amide bonds. The zero-order chi connectivity index (χ0) is 43.2. The normalized spacial score (nSPS) is 13.3. The summed E-state index contributed by atoms with van der Waals surface area (Å²) in [6.07, 6.45) is 2.42. The smallest absolute Gasteiger partial charge is 0.0621 e. The maximum atomic E-state index is 2.52. The first-order chi connectivity index (χ1) is 32.0. The summed E-state index contributed by atoms with van der Waals surface area (Å²) in [7, 11) is 0. The van der Waals surface area contributed by atoms with Crippen LogP contribution in [0.25, 0.3) is 83.3 Å². The van der Waals surface area contributed by atoms with Crippen LogP contribution in [-0.4, -0.2) is 4.57 Å². The average molecular weight is 829 g/mol. The highest BCUT2D eigenvalue weighted by molar-refractivity contribution is 6.28. The highest BCUT2D eigenvalue weighted by atomic mass is 15.1. The molecule has 2 heteroatoms. The molecular weight excluding hydrogens is 785 g/mol. The fourth-order valence-corrected chi connectivity index (χ4v) is 11.0. The third kappa shape index (κ3) is 5.74. The van der Waals surface area contributed by atoms with Crippen molar-refractivity contribution in [2.75, 3.05) is 4.90 Å². The van der Waals surface area contributed by atoms with Crippen LogP contribution in [-0.2, 0) is 5.41 Å². The van der Waals surface area contributed by atoms with Gasteiger partial charge in [0.2, 0.25) is 0 Å². The first-order valence-corrected chi connectivity index (χ1v) is 22.7. The quantitative estimate of drug-likeness (QED) is 0.162. The van der Waals surface area contributed by atoms with Gasteiger partial charge in [-0.2, -0.15) is 0 Å². The second-order valence-electron chi connectivity index (χ2n) is 18.1. The lowest BCUT2D eigenvalue weighted by Crippen LogP contribution is -2.14. The molecule has 0 N–H and O–H groups in total. The lowest BCUT2D eigenvalue weighted by Gasteiger charge is -2.28. The molecule has 1 aromatic heterocycles. The molecule has 0 unspecified atom stereocenters. The number of hydrogen-bond donors (Lipinski definition) is 0. The number of benzene rings is 10. The highest BCUT2D eigenvalue weighted by Crippen LogP contribution is 2.51. The number of anilines is 3. The molecule has 65 heavy (non-hydrogen) atoms. The van der Waals surface area contributed by atoms with Crippen molar-refractivity contribution in [2.45, 2.75) is 19.3 Å². The molecule has 1 aliphatic heterocycles. The summed E-state index contributed by atoms with van der Waals surface area (Å²) in [4.78, 5) is 2.46. The van der Waals surface area contributed by atoms with E-state index in [9.17, 15) is 0 Å². The molecule has 0 atom stereocenters. The van der Waals surface area contributed by atoms with Crippen molar-refractivity contribution < 1.29 is 0 Å². The van der Waals surface area contributed by atoms with Gasteiger partial charge in [0.1, 0.15) is 0 Å². The van der Waals surface area contributed by atoms with Gasteiger partial charge in [0.25, 0.3) is 0 Å². The van der Waals surface area contributed by atoms with Gasteiger partial charge in [0.15, 0.2) is 0 Å². The second-order valence-corrected chi connectivity index (χ2v) is 18.1. The van der Waals surface area contributed by atoms with Gasteiger partial charge >= 0.3 is 0 Å². The Labute approximate surface area is 379 Å². The average Bonchev–Trinajstić information content (AvgIpc) is 3.77. The molecule has 11 aromatic rings. The van der Waals surface area contributed by atoms with Crippen LogP contribution in [0.3, 0.4) is 0 Å². The minimum absolute atomic E-state index is 0.0244. The van der Waals surface area contributed by atoms with Crippen LogP contribution < -0.4 is 4.90 Å². The fraction of sp³-hybridized carbons (Fsp3) is 0.0476. The zero-order valence-electron chi connectivity index (χ0n) is 36.3. The summed E-state index contributed by atoms with van der Waals surface area (Å²) >= 11 is 0. The third-order valence-corrected chi connectivity index (χ3v) is 14.1. The van der Waals surface area contributed by atoms with E-state index in [0.717, 1.165) is 17.1 Å². The van der Waals surface area contributed by atoms with E-state index in [1.54, 1.807) is 0 Å². The van der Waals surface area contributed by atoms with E-state index < -0.39 is 0 Å². The van der Waals surface area contributed by atoms with E-state index in [-0.39, 0.29) is 5.41 Å². The van der Waals surface area contributed by atoms with Crippen LogP contribution in [0, 0.1) is 0 Å². The summed E-state index contributed by atoms with van der Waals surface area (Å²) in [6, 6.07) is 82.8. The number of nitrogens with zero attached hydrogens (tertiary/aromatic N) is 2. The molecule has 0 saturated carbocycles. The number of para-hydroxylation sites is 2. The SMILES string of the molecule is CC1(C)c2ccccc2-c2cc(-c3ccc(N(c4ccc(-c5ccccc5)cc4)c4cccc5cc6c7c(c8ccccc8n7-c7ccccc7C(c7ccccc7)=C6)c45)cc3)ccc21. The molecule has 2 aliphatic rings. The van der Waals surface area contributed by atoms with E-state index in [1.807, 2.05) is 0 Å². The molecule has 2 nitrogen and oxygen atoms in total. The minimum Gasteiger partial charge on any atom is -0.310 e. The summed E-state index contributed by atoms with van der Waals surface area (Å²) in [5.41, 5.74) is 22.1. The summed E-state index contributed by atoms with van der Waals surface area (Å²) in [5, 5.41) is 4.93. The lowest BCUT2D eigenvalue weighted by atomic mass is 9.82. The number of aromatic nitrogens is 1. The Kier molecular flexibility index (Phi) is 8.29. The monoisotopic (exact) mass is 828 g/mol. The Balaban J connectivity index is 1.04. The first kappa shape index (κ1) is 37.4. The van der Waals surface area contributed by atoms with Crippen molar-refractivity contribution >= 4 is 61.3 Å². The molecule has 13 rings (SSSR count). The Hall–Kier alpha value is -8.20. The molecule has 0 fully saturated rings. The van der Waals surface area contributed by atoms with Gasteiger partial charge in [-0.25, -0.2) is 0 Å². The van der Waals surface area contributed by atoms with Crippen LogP contribution in [0.15, 0.2) is 224 Å². The van der Waals surface area contributed by atoms with Crippen molar-refractivity contribution in [3.63, 3.8) is 0 Å². The highest BCUT2D eigenvalue weighted by Gasteiger charge is 2.35. The van der Waals surface area contributed by atoms with E-state index in [4.69, 9.17) is 0 Å². The maximum Gasteiger partial charge on any atom is 0.0621 e. The summed E-state index contributed by atoms with van der Waals surface area (Å²) in [6.45, 7) is 4.69. The largest absolute Gasteiger partial charge is 0.310 e. The van der Waals surface area contributed by atoms with Crippen molar-refractivity contribution in [2.24, 2.45) is 0 Å². The first-order valence-electron chi connectivity index (χ1n) is 22.7. The zero-order valence-corrected chi connectivity index (χ0v) is 36.3. The Bertz CT molecular complexity index is 3700.